The molecule has 0 fully saturated rings. The predicted molar refractivity (Wildman–Crippen MR) is 111 cm³/mol. The minimum atomic E-state index is -0.234. The summed E-state index contributed by atoms with van der Waals surface area (Å²) >= 11 is 3.43. The zero-order chi connectivity index (χ0) is 19.2. The van der Waals surface area contributed by atoms with E-state index in [0.717, 1.165) is 23.7 Å². The number of aryl methyl sites for hydroxylation is 1. The number of guanidine groups is 1. The molecule has 1 amide bonds. The molecule has 0 aliphatic carbocycles. The van der Waals surface area contributed by atoms with Crippen molar-refractivity contribution in [3.05, 3.63) is 27.4 Å². The van der Waals surface area contributed by atoms with E-state index in [9.17, 15) is 4.79 Å². The van der Waals surface area contributed by atoms with Crippen molar-refractivity contribution >= 4 is 34.5 Å². The van der Waals surface area contributed by atoms with Gasteiger partial charge in [0.05, 0.1) is 22.1 Å². The van der Waals surface area contributed by atoms with Crippen LogP contribution in [0.2, 0.25) is 0 Å². The van der Waals surface area contributed by atoms with Gasteiger partial charge < -0.3 is 16.0 Å². The zero-order valence-electron chi connectivity index (χ0n) is 16.0. The molecule has 6 nitrogen and oxygen atoms in total. The molecule has 0 spiro atoms. The van der Waals surface area contributed by atoms with Gasteiger partial charge in [-0.2, -0.15) is 0 Å². The largest absolute Gasteiger partial charge is 0.356 e. The fourth-order valence-electron chi connectivity index (χ4n) is 2.28. The first-order chi connectivity index (χ1) is 12.3. The van der Waals surface area contributed by atoms with Crippen molar-refractivity contribution in [1.82, 2.24) is 20.9 Å². The van der Waals surface area contributed by atoms with Gasteiger partial charge in [-0.3, -0.25) is 9.79 Å². The number of hydrogen-bond donors (Lipinski definition) is 3. The van der Waals surface area contributed by atoms with Gasteiger partial charge in [0, 0.05) is 29.4 Å². The maximum absolute atomic E-state index is 11.9. The maximum Gasteiger partial charge on any atom is 0.239 e. The molecule has 142 valence electrons. The number of aromatic nitrogens is 1. The van der Waals surface area contributed by atoms with Crippen LogP contribution in [0.5, 0.6) is 0 Å². The summed E-state index contributed by atoms with van der Waals surface area (Å²) in [5, 5.41) is 12.4. The average Bonchev–Trinajstić information content (AvgIpc) is 3.17. The smallest absolute Gasteiger partial charge is 0.239 e. The molecule has 0 aliphatic heterocycles. The highest BCUT2D eigenvalue weighted by molar-refractivity contribution is 7.16. The molecular formula is C18H27N5OS2. The van der Waals surface area contributed by atoms with E-state index in [1.807, 2.05) is 27.7 Å². The summed E-state index contributed by atoms with van der Waals surface area (Å²) in [5.41, 5.74) is 0.821. The van der Waals surface area contributed by atoms with Crippen molar-refractivity contribution in [2.24, 2.45) is 4.99 Å². The second-order valence-electron chi connectivity index (χ2n) is 6.92. The van der Waals surface area contributed by atoms with Crippen LogP contribution in [0.15, 0.2) is 22.5 Å². The molecule has 0 saturated heterocycles. The lowest BCUT2D eigenvalue weighted by Gasteiger charge is -2.21. The molecule has 0 radical (unpaired) electrons. The molecule has 2 aromatic rings. The van der Waals surface area contributed by atoms with E-state index >= 15 is 0 Å². The highest BCUT2D eigenvalue weighted by Crippen LogP contribution is 2.29. The molecular weight excluding hydrogens is 366 g/mol. The molecule has 0 bridgehead atoms. The number of nitrogens with one attached hydrogen (secondary N) is 3. The molecule has 2 heterocycles. The highest BCUT2D eigenvalue weighted by Gasteiger charge is 2.13. The van der Waals surface area contributed by atoms with Gasteiger partial charge in [-0.05, 0) is 46.2 Å². The molecule has 3 N–H and O–H groups in total. The topological polar surface area (TPSA) is 78.4 Å². The van der Waals surface area contributed by atoms with Crippen molar-refractivity contribution in [1.29, 1.82) is 0 Å². The van der Waals surface area contributed by atoms with Gasteiger partial charge in [0.25, 0.3) is 0 Å². The molecule has 0 aromatic carbocycles. The van der Waals surface area contributed by atoms with E-state index < -0.39 is 0 Å². The van der Waals surface area contributed by atoms with Gasteiger partial charge in [0.2, 0.25) is 5.91 Å². The van der Waals surface area contributed by atoms with Crippen LogP contribution in [0.3, 0.4) is 0 Å². The number of hydrogen-bond acceptors (Lipinski definition) is 5. The fourth-order valence-corrected chi connectivity index (χ4v) is 3.93. The normalized spacial score (nSPS) is 12.1. The van der Waals surface area contributed by atoms with Crippen molar-refractivity contribution in [2.75, 3.05) is 20.1 Å². The van der Waals surface area contributed by atoms with Crippen LogP contribution >= 0.6 is 22.7 Å². The number of carbonyl (C=O) groups is 1. The summed E-state index contributed by atoms with van der Waals surface area (Å²) in [7, 11) is 1.70. The lowest BCUT2D eigenvalue weighted by Crippen LogP contribution is -2.48. The summed E-state index contributed by atoms with van der Waals surface area (Å²) < 4.78 is 0. The lowest BCUT2D eigenvalue weighted by atomic mass is 10.1. The predicted octanol–water partition coefficient (Wildman–Crippen LogP) is 2.80. The average molecular weight is 394 g/mol. The first-order valence-electron chi connectivity index (χ1n) is 8.53. The second-order valence-corrected chi connectivity index (χ2v) is 9.15. The number of carbonyl (C=O) groups excluding carboxylic acids is 1. The summed E-state index contributed by atoms with van der Waals surface area (Å²) in [6.45, 7) is 8.84. The number of amides is 1. The zero-order valence-corrected chi connectivity index (χ0v) is 17.6. The van der Waals surface area contributed by atoms with Crippen LogP contribution in [0.1, 0.15) is 30.7 Å². The standard InChI is InChI=1S/C18H27N5OS2/c1-12-22-14(11-25-12)15-7-6-13(26-15)8-9-20-17(19-5)21-10-16(24)23-18(2,3)4/h6-7,11H,8-10H2,1-5H3,(H,23,24)(H2,19,20,21). The molecule has 0 unspecified atom stereocenters. The summed E-state index contributed by atoms with van der Waals surface area (Å²) in [5.74, 6) is 0.572. The molecule has 26 heavy (non-hydrogen) atoms. The van der Waals surface area contributed by atoms with Crippen LogP contribution in [0.25, 0.3) is 10.6 Å². The third-order valence-electron chi connectivity index (χ3n) is 3.35. The Morgan fingerprint density at radius 2 is 2.04 bits per heavy atom. The summed E-state index contributed by atoms with van der Waals surface area (Å²) in [6.07, 6.45) is 0.892. The van der Waals surface area contributed by atoms with Gasteiger partial charge in [0.15, 0.2) is 5.96 Å². The van der Waals surface area contributed by atoms with Gasteiger partial charge in [0.1, 0.15) is 0 Å². The van der Waals surface area contributed by atoms with Crippen molar-refractivity contribution < 1.29 is 4.79 Å². The van der Waals surface area contributed by atoms with E-state index in [2.05, 4.69) is 43.4 Å². The van der Waals surface area contributed by atoms with E-state index in [4.69, 9.17) is 0 Å². The van der Waals surface area contributed by atoms with Crippen LogP contribution in [0.4, 0.5) is 0 Å². The minimum absolute atomic E-state index is 0.0538. The Morgan fingerprint density at radius 1 is 1.27 bits per heavy atom. The molecule has 0 atom stereocenters. The Kier molecular flexibility index (Phi) is 7.16. The molecule has 0 saturated carbocycles. The van der Waals surface area contributed by atoms with Gasteiger partial charge in [-0.25, -0.2) is 4.98 Å². The first-order valence-corrected chi connectivity index (χ1v) is 10.2. The van der Waals surface area contributed by atoms with E-state index in [0.29, 0.717) is 5.96 Å². The van der Waals surface area contributed by atoms with Crippen LogP contribution in [-0.2, 0) is 11.2 Å². The number of aliphatic imine (C=N–C) groups is 1. The number of thiophene rings is 1. The Hall–Kier alpha value is -1.93. The van der Waals surface area contributed by atoms with E-state index in [1.165, 1.54) is 9.75 Å². The monoisotopic (exact) mass is 393 g/mol. The van der Waals surface area contributed by atoms with Crippen molar-refractivity contribution in [3.8, 4) is 10.6 Å². The molecule has 2 aromatic heterocycles. The Balaban J connectivity index is 1.76. The van der Waals surface area contributed by atoms with Crippen molar-refractivity contribution in [2.45, 2.75) is 39.7 Å². The quantitative estimate of drug-likeness (QED) is 0.521. The lowest BCUT2D eigenvalue weighted by molar-refractivity contribution is -0.121. The molecule has 8 heteroatoms. The third kappa shape index (κ3) is 6.76. The van der Waals surface area contributed by atoms with E-state index in [-0.39, 0.29) is 18.0 Å². The fraction of sp³-hybridized carbons (Fsp3) is 0.500. The Bertz CT molecular complexity index is 758. The summed E-state index contributed by atoms with van der Waals surface area (Å²) in [4.78, 5) is 23.0. The highest BCUT2D eigenvalue weighted by atomic mass is 32.1. The number of thiazole rings is 1. The SMILES string of the molecule is CN=C(NCCc1ccc(-c2csc(C)n2)s1)NCC(=O)NC(C)(C)C. The minimum Gasteiger partial charge on any atom is -0.356 e. The van der Waals surface area contributed by atoms with Crippen LogP contribution in [-0.4, -0.2) is 42.5 Å². The van der Waals surface area contributed by atoms with E-state index in [1.54, 1.807) is 29.7 Å². The molecule has 2 rings (SSSR count). The van der Waals surface area contributed by atoms with Crippen LogP contribution < -0.4 is 16.0 Å². The maximum atomic E-state index is 11.9. The van der Waals surface area contributed by atoms with Crippen molar-refractivity contribution in [3.63, 3.8) is 0 Å². The van der Waals surface area contributed by atoms with Gasteiger partial charge in [-0.1, -0.05) is 0 Å². The molecule has 0 aliphatic rings. The second kappa shape index (κ2) is 9.14. The van der Waals surface area contributed by atoms with Crippen LogP contribution in [0, 0.1) is 6.92 Å². The number of rotatable bonds is 6. The Labute approximate surface area is 163 Å². The Morgan fingerprint density at radius 3 is 2.65 bits per heavy atom. The van der Waals surface area contributed by atoms with Gasteiger partial charge >= 0.3 is 0 Å². The number of nitrogens with zero attached hydrogens (tertiary/aromatic N) is 2. The summed E-state index contributed by atoms with van der Waals surface area (Å²) in [6, 6.07) is 4.27. The first kappa shape index (κ1) is 20.4. The van der Waals surface area contributed by atoms with Gasteiger partial charge in [-0.15, -0.1) is 22.7 Å². The third-order valence-corrected chi connectivity index (χ3v) is 5.29.